The van der Waals surface area contributed by atoms with E-state index in [0.29, 0.717) is 6.42 Å². The first-order valence-electron chi connectivity index (χ1n) is 5.83. The average Bonchev–Trinajstić information content (AvgIpc) is 2.86. The summed E-state index contributed by atoms with van der Waals surface area (Å²) >= 11 is 0. The fourth-order valence-electron chi connectivity index (χ4n) is 1.68. The van der Waals surface area contributed by atoms with Crippen LogP contribution in [-0.4, -0.2) is 18.4 Å². The molecule has 1 heterocycles. The monoisotopic (exact) mass is 238 g/mol. The van der Waals surface area contributed by atoms with Crippen LogP contribution in [0.1, 0.15) is 32.6 Å². The molecule has 1 aromatic rings. The highest BCUT2D eigenvalue weighted by molar-refractivity contribution is 5.82. The Morgan fingerprint density at radius 2 is 2.12 bits per heavy atom. The molecule has 0 radical (unpaired) electrons. The topological polar surface area (TPSA) is 56.5 Å². The van der Waals surface area contributed by atoms with Crippen molar-refractivity contribution in [3.8, 4) is 0 Å². The smallest absolute Gasteiger partial charge is 0.302 e. The van der Waals surface area contributed by atoms with Crippen molar-refractivity contribution in [3.63, 3.8) is 0 Å². The molecule has 1 aliphatic carbocycles. The second-order valence-electron chi connectivity index (χ2n) is 4.00. The van der Waals surface area contributed by atoms with E-state index in [2.05, 4.69) is 4.42 Å². The third kappa shape index (κ3) is 5.90. The van der Waals surface area contributed by atoms with Gasteiger partial charge in [-0.25, -0.2) is 0 Å². The fourth-order valence-corrected chi connectivity index (χ4v) is 1.68. The van der Waals surface area contributed by atoms with Gasteiger partial charge in [0, 0.05) is 13.3 Å². The quantitative estimate of drug-likeness (QED) is 0.743. The van der Waals surface area contributed by atoms with Crippen molar-refractivity contribution < 1.29 is 18.7 Å². The van der Waals surface area contributed by atoms with Crippen LogP contribution in [0.15, 0.2) is 29.1 Å². The number of esters is 1. The lowest BCUT2D eigenvalue weighted by Gasteiger charge is -2.19. The maximum Gasteiger partial charge on any atom is 0.302 e. The summed E-state index contributed by atoms with van der Waals surface area (Å²) in [5, 5.41) is 0. The summed E-state index contributed by atoms with van der Waals surface area (Å²) in [5.41, 5.74) is 0. The number of rotatable bonds is 2. The minimum absolute atomic E-state index is 0.0253. The molecule has 0 amide bonds. The zero-order valence-electron chi connectivity index (χ0n) is 10.1. The highest BCUT2D eigenvalue weighted by Gasteiger charge is 2.22. The highest BCUT2D eigenvalue weighted by atomic mass is 16.5. The minimum atomic E-state index is -0.298. The summed E-state index contributed by atoms with van der Waals surface area (Å²) in [6.45, 7) is 1.65. The number of carbonyl (C=O) groups is 2. The number of hydrogen-bond acceptors (Lipinski definition) is 4. The lowest BCUT2D eigenvalue weighted by atomic mass is 9.89. The molecule has 0 bridgehead atoms. The van der Waals surface area contributed by atoms with Crippen LogP contribution in [0.4, 0.5) is 0 Å². The molecule has 94 valence electrons. The lowest BCUT2D eigenvalue weighted by Crippen LogP contribution is -2.24. The second kappa shape index (κ2) is 7.65. The van der Waals surface area contributed by atoms with E-state index in [1.165, 1.54) is 6.92 Å². The number of hydrogen-bond donors (Lipinski definition) is 0. The molecule has 0 N–H and O–H groups in total. The summed E-state index contributed by atoms with van der Waals surface area (Å²) in [6, 6.07) is 3.67. The van der Waals surface area contributed by atoms with Crippen molar-refractivity contribution in [2.75, 3.05) is 6.61 Å². The van der Waals surface area contributed by atoms with E-state index >= 15 is 0 Å². The average molecular weight is 238 g/mol. The predicted molar refractivity (Wildman–Crippen MR) is 62.3 cm³/mol. The number of carbonyl (C=O) groups excluding carboxylic acids is 2. The van der Waals surface area contributed by atoms with Crippen molar-refractivity contribution in [1.82, 2.24) is 0 Å². The standard InChI is InChI=1S/C9H14O3.C4H4O/c1-7(10)12-6-8-4-2-3-5-9(8)11;1-2-4-5-3-1/h8H,2-6H2,1H3;1-4H. The third-order valence-electron chi connectivity index (χ3n) is 2.59. The summed E-state index contributed by atoms with van der Waals surface area (Å²) in [5.74, 6) is -0.0708. The molecule has 4 heteroatoms. The Labute approximate surface area is 101 Å². The van der Waals surface area contributed by atoms with Gasteiger partial charge in [-0.3, -0.25) is 9.59 Å². The van der Waals surface area contributed by atoms with Crippen molar-refractivity contribution in [1.29, 1.82) is 0 Å². The van der Waals surface area contributed by atoms with Gasteiger partial charge >= 0.3 is 5.97 Å². The van der Waals surface area contributed by atoms with E-state index in [1.54, 1.807) is 12.5 Å². The van der Waals surface area contributed by atoms with Gasteiger partial charge in [0.25, 0.3) is 0 Å². The molecule has 1 aromatic heterocycles. The first-order chi connectivity index (χ1) is 8.20. The predicted octanol–water partition coefficient (Wildman–Crippen LogP) is 2.59. The van der Waals surface area contributed by atoms with Crippen LogP contribution < -0.4 is 0 Å². The van der Waals surface area contributed by atoms with Crippen LogP contribution >= 0.6 is 0 Å². The largest absolute Gasteiger partial charge is 0.473 e. The Kier molecular flexibility index (Phi) is 6.07. The Hall–Kier alpha value is -1.58. The van der Waals surface area contributed by atoms with Crippen LogP contribution in [0.5, 0.6) is 0 Å². The molecule has 1 unspecified atom stereocenters. The molecule has 1 fully saturated rings. The first-order valence-corrected chi connectivity index (χ1v) is 5.83. The summed E-state index contributed by atoms with van der Waals surface area (Å²) < 4.78 is 9.38. The summed E-state index contributed by atoms with van der Waals surface area (Å²) in [7, 11) is 0. The highest BCUT2D eigenvalue weighted by Crippen LogP contribution is 2.20. The third-order valence-corrected chi connectivity index (χ3v) is 2.59. The maximum atomic E-state index is 11.2. The SMILES string of the molecule is CC(=O)OCC1CCCCC1=O.c1ccoc1. The number of furan rings is 1. The summed E-state index contributed by atoms with van der Waals surface area (Å²) in [6.07, 6.45) is 6.87. The van der Waals surface area contributed by atoms with Crippen molar-refractivity contribution in [2.45, 2.75) is 32.6 Å². The van der Waals surface area contributed by atoms with Gasteiger partial charge < -0.3 is 9.15 Å². The molecule has 1 atom stereocenters. The van der Waals surface area contributed by atoms with Crippen LogP contribution in [0.2, 0.25) is 0 Å². The van der Waals surface area contributed by atoms with Gasteiger partial charge in [-0.05, 0) is 25.0 Å². The van der Waals surface area contributed by atoms with E-state index in [4.69, 9.17) is 4.74 Å². The minimum Gasteiger partial charge on any atom is -0.473 e. The van der Waals surface area contributed by atoms with Crippen molar-refractivity contribution in [3.05, 3.63) is 24.7 Å². The molecule has 0 saturated heterocycles. The first kappa shape index (κ1) is 13.5. The maximum absolute atomic E-state index is 11.2. The zero-order valence-corrected chi connectivity index (χ0v) is 10.1. The van der Waals surface area contributed by atoms with Crippen LogP contribution in [0.3, 0.4) is 0 Å². The Morgan fingerprint density at radius 1 is 1.41 bits per heavy atom. The Balaban J connectivity index is 0.000000239. The molecular weight excluding hydrogens is 220 g/mol. The molecule has 0 spiro atoms. The normalized spacial score (nSPS) is 19.1. The zero-order chi connectivity index (χ0) is 12.5. The van der Waals surface area contributed by atoms with E-state index < -0.39 is 0 Å². The van der Waals surface area contributed by atoms with Gasteiger partial charge in [0.05, 0.1) is 18.4 Å². The number of ketones is 1. The van der Waals surface area contributed by atoms with Crippen molar-refractivity contribution in [2.24, 2.45) is 5.92 Å². The van der Waals surface area contributed by atoms with Gasteiger partial charge in [-0.1, -0.05) is 6.42 Å². The van der Waals surface area contributed by atoms with Gasteiger partial charge in [0.15, 0.2) is 0 Å². The van der Waals surface area contributed by atoms with Gasteiger partial charge in [-0.15, -0.1) is 0 Å². The number of ether oxygens (including phenoxy) is 1. The van der Waals surface area contributed by atoms with E-state index in [-0.39, 0.29) is 24.3 Å². The fraction of sp³-hybridized carbons (Fsp3) is 0.538. The van der Waals surface area contributed by atoms with Gasteiger partial charge in [-0.2, -0.15) is 0 Å². The van der Waals surface area contributed by atoms with Crippen molar-refractivity contribution >= 4 is 11.8 Å². The molecule has 1 aliphatic rings. The second-order valence-corrected chi connectivity index (χ2v) is 4.00. The molecule has 17 heavy (non-hydrogen) atoms. The lowest BCUT2D eigenvalue weighted by molar-refractivity contribution is -0.144. The van der Waals surface area contributed by atoms with E-state index in [9.17, 15) is 9.59 Å². The van der Waals surface area contributed by atoms with Crippen LogP contribution in [0, 0.1) is 5.92 Å². The van der Waals surface area contributed by atoms with Gasteiger partial charge in [0.1, 0.15) is 12.4 Å². The molecule has 4 nitrogen and oxygen atoms in total. The molecule has 2 rings (SSSR count). The summed E-state index contributed by atoms with van der Waals surface area (Å²) in [4.78, 5) is 21.7. The van der Waals surface area contributed by atoms with E-state index in [1.807, 2.05) is 12.1 Å². The number of Topliss-reactive ketones (excluding diaryl/α,β-unsaturated/α-hetero) is 1. The van der Waals surface area contributed by atoms with E-state index in [0.717, 1.165) is 19.3 Å². The van der Waals surface area contributed by atoms with Crippen LogP contribution in [-0.2, 0) is 14.3 Å². The molecule has 0 aliphatic heterocycles. The molecular formula is C13H18O4. The molecule has 0 aromatic carbocycles. The van der Waals surface area contributed by atoms with Crippen LogP contribution in [0.25, 0.3) is 0 Å². The Morgan fingerprint density at radius 3 is 2.59 bits per heavy atom. The van der Waals surface area contributed by atoms with Gasteiger partial charge in [0.2, 0.25) is 0 Å². The Bertz CT molecular complexity index is 312. The molecule has 1 saturated carbocycles.